The van der Waals surface area contributed by atoms with E-state index in [-0.39, 0.29) is 0 Å². The lowest BCUT2D eigenvalue weighted by Crippen LogP contribution is -2.20. The number of allylic oxidation sites excluding steroid dienone is 2. The van der Waals surface area contributed by atoms with Gasteiger partial charge in [-0.15, -0.1) is 0 Å². The number of anilines is 3. The van der Waals surface area contributed by atoms with E-state index in [0.717, 1.165) is 29.3 Å². The Morgan fingerprint density at radius 2 is 1.07 bits per heavy atom. The Morgan fingerprint density at radius 3 is 1.83 bits per heavy atom. The van der Waals surface area contributed by atoms with Gasteiger partial charge in [0.25, 0.3) is 0 Å². The average Bonchev–Trinajstić information content (AvgIpc) is 3.81. The smallest absolute Gasteiger partial charge is 0.0782 e. The summed E-state index contributed by atoms with van der Waals surface area (Å²) in [6.45, 7) is 0.787. The molecule has 0 aliphatic carbocycles. The standard InChI is InChI=1S/C54H40N4/c1-55-33-17-26-43(37-55)58-49-30-13-11-27-46(49)48-35-44(57-50-31-14-12-28-47(50)53-45(29-16-32-51(53)57)39-20-7-3-8-21-39)36-52(54(48)58)56(41-23-9-4-10-24-41)42-25-15-22-40(34-42)38-18-5-2-6-19-38/h2-36H,37H2,1H3. The van der Waals surface area contributed by atoms with Crippen LogP contribution >= 0.6 is 0 Å². The van der Waals surface area contributed by atoms with E-state index in [9.17, 15) is 0 Å². The van der Waals surface area contributed by atoms with Gasteiger partial charge >= 0.3 is 0 Å². The maximum atomic E-state index is 2.50. The van der Waals surface area contributed by atoms with Gasteiger partial charge in [0.05, 0.1) is 34.3 Å². The van der Waals surface area contributed by atoms with E-state index in [4.69, 9.17) is 0 Å². The number of rotatable bonds is 7. The van der Waals surface area contributed by atoms with Crippen molar-refractivity contribution in [1.29, 1.82) is 0 Å². The maximum Gasteiger partial charge on any atom is 0.0782 e. The zero-order valence-electron chi connectivity index (χ0n) is 32.2. The number of hydrogen-bond acceptors (Lipinski definition) is 2. The first-order chi connectivity index (χ1) is 28.7. The highest BCUT2D eigenvalue weighted by molar-refractivity contribution is 6.18. The van der Waals surface area contributed by atoms with E-state index in [0.29, 0.717) is 0 Å². The summed E-state index contributed by atoms with van der Waals surface area (Å²) in [5.41, 5.74) is 15.1. The van der Waals surface area contributed by atoms with Gasteiger partial charge in [-0.2, -0.15) is 0 Å². The van der Waals surface area contributed by atoms with Crippen LogP contribution in [0.25, 0.3) is 77.2 Å². The highest BCUT2D eigenvalue weighted by Crippen LogP contribution is 2.47. The molecule has 10 aromatic rings. The van der Waals surface area contributed by atoms with Crippen molar-refractivity contribution in [2.24, 2.45) is 0 Å². The summed E-state index contributed by atoms with van der Waals surface area (Å²) < 4.78 is 4.98. The van der Waals surface area contributed by atoms with Crippen molar-refractivity contribution >= 4 is 66.4 Å². The molecule has 0 saturated carbocycles. The number of hydrogen-bond donors (Lipinski definition) is 0. The van der Waals surface area contributed by atoms with Crippen LogP contribution in [0.5, 0.6) is 0 Å². The lowest BCUT2D eigenvalue weighted by molar-refractivity contribution is 0.505. The molecule has 0 fully saturated rings. The van der Waals surface area contributed by atoms with E-state index in [1.165, 1.54) is 71.6 Å². The summed E-state index contributed by atoms with van der Waals surface area (Å²) in [4.78, 5) is 4.71. The first-order valence-corrected chi connectivity index (χ1v) is 19.9. The fraction of sp³-hybridized carbons (Fsp3) is 0.0370. The quantitative estimate of drug-likeness (QED) is 0.162. The molecule has 2 aromatic heterocycles. The van der Waals surface area contributed by atoms with Gasteiger partial charge in [-0.05, 0) is 95.2 Å². The lowest BCUT2D eigenvalue weighted by Gasteiger charge is -2.29. The average molecular weight is 745 g/mol. The predicted octanol–water partition coefficient (Wildman–Crippen LogP) is 14.0. The number of likely N-dealkylation sites (N-methyl/N-ethyl adjacent to an activating group) is 1. The van der Waals surface area contributed by atoms with Crippen molar-refractivity contribution < 1.29 is 0 Å². The first-order valence-electron chi connectivity index (χ1n) is 19.9. The van der Waals surface area contributed by atoms with Crippen LogP contribution in [-0.2, 0) is 0 Å². The highest BCUT2D eigenvalue weighted by Gasteiger charge is 2.26. The maximum absolute atomic E-state index is 2.50. The molecule has 0 N–H and O–H groups in total. The summed E-state index contributed by atoms with van der Waals surface area (Å²) in [5.74, 6) is 0. The van der Waals surface area contributed by atoms with Crippen LogP contribution in [0.2, 0.25) is 0 Å². The Morgan fingerprint density at radius 1 is 0.466 bits per heavy atom. The van der Waals surface area contributed by atoms with Gasteiger partial charge in [0, 0.05) is 51.4 Å². The molecule has 0 unspecified atom stereocenters. The monoisotopic (exact) mass is 744 g/mol. The molecule has 1 aliphatic rings. The largest absolute Gasteiger partial charge is 0.375 e. The van der Waals surface area contributed by atoms with Crippen LogP contribution in [0.1, 0.15) is 0 Å². The predicted molar refractivity (Wildman–Crippen MR) is 245 cm³/mol. The zero-order chi connectivity index (χ0) is 38.6. The number of fused-ring (bicyclic) bond motifs is 6. The molecule has 276 valence electrons. The lowest BCUT2D eigenvalue weighted by atomic mass is 9.99. The normalized spacial score (nSPS) is 12.8. The van der Waals surface area contributed by atoms with Gasteiger partial charge in [-0.3, -0.25) is 0 Å². The molecule has 8 aromatic carbocycles. The first kappa shape index (κ1) is 33.8. The molecule has 1 aliphatic heterocycles. The molecule has 0 radical (unpaired) electrons. The molecule has 0 spiro atoms. The Bertz CT molecular complexity index is 3210. The van der Waals surface area contributed by atoms with Crippen LogP contribution in [0.4, 0.5) is 17.1 Å². The minimum absolute atomic E-state index is 0.787. The third-order valence-electron chi connectivity index (χ3n) is 11.6. The van der Waals surface area contributed by atoms with Crippen LogP contribution in [0, 0.1) is 0 Å². The van der Waals surface area contributed by atoms with E-state index >= 15 is 0 Å². The van der Waals surface area contributed by atoms with Crippen molar-refractivity contribution in [3.05, 3.63) is 212 Å². The summed E-state index contributed by atoms with van der Waals surface area (Å²) in [6, 6.07) is 70.6. The van der Waals surface area contributed by atoms with E-state index in [2.05, 4.69) is 238 Å². The zero-order valence-corrected chi connectivity index (χ0v) is 32.2. The van der Waals surface area contributed by atoms with E-state index in [1.54, 1.807) is 0 Å². The molecule has 58 heavy (non-hydrogen) atoms. The topological polar surface area (TPSA) is 16.3 Å². The molecule has 0 bridgehead atoms. The second-order valence-corrected chi connectivity index (χ2v) is 15.1. The molecule has 4 nitrogen and oxygen atoms in total. The van der Waals surface area contributed by atoms with E-state index in [1.807, 2.05) is 0 Å². The fourth-order valence-electron chi connectivity index (χ4n) is 9.08. The second kappa shape index (κ2) is 13.9. The highest BCUT2D eigenvalue weighted by atomic mass is 15.2. The minimum atomic E-state index is 0.787. The van der Waals surface area contributed by atoms with Crippen LogP contribution in [0.3, 0.4) is 0 Å². The van der Waals surface area contributed by atoms with Crippen LogP contribution in [0.15, 0.2) is 212 Å². The molecule has 0 atom stereocenters. The summed E-state index contributed by atoms with van der Waals surface area (Å²) in [6.07, 6.45) is 6.58. The van der Waals surface area contributed by atoms with Crippen LogP contribution < -0.4 is 4.90 Å². The van der Waals surface area contributed by atoms with Crippen molar-refractivity contribution in [2.45, 2.75) is 0 Å². The summed E-state index contributed by atoms with van der Waals surface area (Å²) >= 11 is 0. The molecule has 0 amide bonds. The molecule has 0 saturated heterocycles. The SMILES string of the molecule is CN1C=CC=C(n2c3ccccc3c3cc(-n4c5ccccc5c5c(-c6ccccc6)cccc54)cc(N(c4ccccc4)c4cccc(-c5ccccc5)c4)c32)C1. The minimum Gasteiger partial charge on any atom is -0.375 e. The second-order valence-electron chi connectivity index (χ2n) is 15.1. The van der Waals surface area contributed by atoms with Crippen molar-refractivity contribution in [3.8, 4) is 27.9 Å². The molecule has 3 heterocycles. The molecular weight excluding hydrogens is 705 g/mol. The third-order valence-corrected chi connectivity index (χ3v) is 11.6. The number of nitrogens with zero attached hydrogens (tertiary/aromatic N) is 4. The number of benzene rings is 8. The summed E-state index contributed by atoms with van der Waals surface area (Å²) in [7, 11) is 2.15. The van der Waals surface area contributed by atoms with Crippen molar-refractivity contribution in [3.63, 3.8) is 0 Å². The van der Waals surface area contributed by atoms with Gasteiger partial charge in [-0.1, -0.05) is 140 Å². The van der Waals surface area contributed by atoms with Gasteiger partial charge in [0.2, 0.25) is 0 Å². The molecule has 11 rings (SSSR count). The van der Waals surface area contributed by atoms with Gasteiger partial charge in [0.1, 0.15) is 0 Å². The van der Waals surface area contributed by atoms with Gasteiger partial charge < -0.3 is 18.9 Å². The Kier molecular flexibility index (Phi) is 8.07. The number of aromatic nitrogens is 2. The van der Waals surface area contributed by atoms with E-state index < -0.39 is 0 Å². The molecule has 4 heteroatoms. The van der Waals surface area contributed by atoms with Crippen molar-refractivity contribution in [2.75, 3.05) is 18.5 Å². The Hall–Kier alpha value is -7.56. The third kappa shape index (κ3) is 5.53. The van der Waals surface area contributed by atoms with Crippen molar-refractivity contribution in [1.82, 2.24) is 14.0 Å². The molecular formula is C54H40N4. The number of para-hydroxylation sites is 3. The van der Waals surface area contributed by atoms with Gasteiger partial charge in [-0.25, -0.2) is 0 Å². The Balaban J connectivity index is 1.28. The summed E-state index contributed by atoms with van der Waals surface area (Å²) in [5, 5.41) is 4.91. The van der Waals surface area contributed by atoms with Gasteiger partial charge in [0.15, 0.2) is 0 Å². The van der Waals surface area contributed by atoms with Crippen LogP contribution in [-0.4, -0.2) is 27.6 Å². The fourth-order valence-corrected chi connectivity index (χ4v) is 9.08. The Labute approximate surface area is 338 Å².